The van der Waals surface area contributed by atoms with E-state index in [-0.39, 0.29) is 11.8 Å². The molecule has 24 heavy (non-hydrogen) atoms. The molecule has 0 N–H and O–H groups in total. The summed E-state index contributed by atoms with van der Waals surface area (Å²) >= 11 is 0. The minimum atomic E-state index is -0.101. The Morgan fingerprint density at radius 3 is 2.38 bits per heavy atom. The average molecular weight is 327 g/mol. The molecule has 1 aliphatic carbocycles. The van der Waals surface area contributed by atoms with Gasteiger partial charge in [0.15, 0.2) is 5.76 Å². The number of rotatable bonds is 3. The predicted octanol–water partition coefficient (Wildman–Crippen LogP) is 2.40. The zero-order valence-electron chi connectivity index (χ0n) is 13.6. The van der Waals surface area contributed by atoms with Crippen molar-refractivity contribution in [2.45, 2.75) is 25.3 Å². The number of hydrogen-bond acceptors (Lipinski definition) is 3. The molecule has 2 aromatic rings. The van der Waals surface area contributed by atoms with E-state index in [1.165, 1.54) is 6.26 Å². The minimum absolute atomic E-state index is 0.0687. The Balaban J connectivity index is 1.43. The second kappa shape index (κ2) is 6.19. The van der Waals surface area contributed by atoms with Gasteiger partial charge in [0, 0.05) is 38.4 Å². The fraction of sp³-hybridized carbons (Fsp3) is 0.444. The van der Waals surface area contributed by atoms with E-state index >= 15 is 0 Å². The second-order valence-corrected chi connectivity index (χ2v) is 6.45. The zero-order valence-corrected chi connectivity index (χ0v) is 13.6. The maximum atomic E-state index is 12.9. The molecule has 0 aromatic carbocycles. The van der Waals surface area contributed by atoms with Crippen molar-refractivity contribution in [2.75, 3.05) is 26.2 Å². The number of carbonyl (C=O) groups is 2. The van der Waals surface area contributed by atoms with Crippen LogP contribution < -0.4 is 0 Å². The van der Waals surface area contributed by atoms with Crippen LogP contribution in [0.3, 0.4) is 0 Å². The molecule has 2 aliphatic rings. The predicted molar refractivity (Wildman–Crippen MR) is 87.8 cm³/mol. The van der Waals surface area contributed by atoms with Gasteiger partial charge in [0.2, 0.25) is 0 Å². The first-order chi connectivity index (χ1) is 11.7. The van der Waals surface area contributed by atoms with Crippen molar-refractivity contribution in [3.05, 3.63) is 48.2 Å². The van der Waals surface area contributed by atoms with E-state index in [0.29, 0.717) is 38.0 Å². The van der Waals surface area contributed by atoms with Crippen molar-refractivity contribution >= 4 is 11.8 Å². The largest absolute Gasteiger partial charge is 0.459 e. The van der Waals surface area contributed by atoms with Crippen LogP contribution in [0.2, 0.25) is 0 Å². The molecule has 1 aliphatic heterocycles. The van der Waals surface area contributed by atoms with E-state index in [1.807, 2.05) is 23.2 Å². The van der Waals surface area contributed by atoms with Crippen molar-refractivity contribution in [1.29, 1.82) is 0 Å². The van der Waals surface area contributed by atoms with Gasteiger partial charge in [0.1, 0.15) is 5.69 Å². The third-order valence-corrected chi connectivity index (χ3v) is 4.74. The average Bonchev–Trinajstić information content (AvgIpc) is 3.15. The molecule has 1 saturated heterocycles. The van der Waals surface area contributed by atoms with Crippen molar-refractivity contribution in [2.24, 2.45) is 0 Å². The summed E-state index contributed by atoms with van der Waals surface area (Å²) in [5.41, 5.74) is 0.767. The standard InChI is InChI=1S/C18H21N3O3/c22-17(15-4-1-10-21(15)14-6-7-14)19-8-3-9-20(12-11-19)18(23)16-5-2-13-24-16/h1-2,4-5,10,13-14H,3,6-9,11-12H2. The normalized spacial score (nSPS) is 18.5. The molecule has 2 aromatic heterocycles. The second-order valence-electron chi connectivity index (χ2n) is 6.45. The number of hydrogen-bond donors (Lipinski definition) is 0. The summed E-state index contributed by atoms with van der Waals surface area (Å²) in [6, 6.07) is 7.72. The highest BCUT2D eigenvalue weighted by atomic mass is 16.3. The first-order valence-electron chi connectivity index (χ1n) is 8.53. The maximum absolute atomic E-state index is 12.9. The van der Waals surface area contributed by atoms with Gasteiger partial charge < -0.3 is 18.8 Å². The summed E-state index contributed by atoms with van der Waals surface area (Å²) in [6.07, 6.45) is 6.59. The highest BCUT2D eigenvalue weighted by Gasteiger charge is 2.30. The Bertz CT molecular complexity index is 731. The highest BCUT2D eigenvalue weighted by Crippen LogP contribution is 2.36. The van der Waals surface area contributed by atoms with Gasteiger partial charge in [0.25, 0.3) is 11.8 Å². The SMILES string of the molecule is O=C(c1ccco1)N1CCCN(C(=O)c2cccn2C2CC2)CC1. The lowest BCUT2D eigenvalue weighted by Crippen LogP contribution is -2.37. The molecule has 4 rings (SSSR count). The lowest BCUT2D eigenvalue weighted by molar-refractivity contribution is 0.0696. The van der Waals surface area contributed by atoms with Crippen LogP contribution in [0.15, 0.2) is 41.1 Å². The summed E-state index contributed by atoms with van der Waals surface area (Å²) < 4.78 is 7.29. The monoisotopic (exact) mass is 327 g/mol. The van der Waals surface area contributed by atoms with E-state index < -0.39 is 0 Å². The Hall–Kier alpha value is -2.50. The third kappa shape index (κ3) is 2.84. The molecule has 126 valence electrons. The fourth-order valence-electron chi connectivity index (χ4n) is 3.29. The molecule has 0 spiro atoms. The van der Waals surface area contributed by atoms with Crippen LogP contribution in [0.5, 0.6) is 0 Å². The molecule has 0 unspecified atom stereocenters. The summed E-state index contributed by atoms with van der Waals surface area (Å²) in [7, 11) is 0. The van der Waals surface area contributed by atoms with Gasteiger partial charge >= 0.3 is 0 Å². The lowest BCUT2D eigenvalue weighted by Gasteiger charge is -2.22. The van der Waals surface area contributed by atoms with Gasteiger partial charge in [-0.15, -0.1) is 0 Å². The van der Waals surface area contributed by atoms with E-state index in [2.05, 4.69) is 4.57 Å². The summed E-state index contributed by atoms with van der Waals surface area (Å²) in [6.45, 7) is 2.42. The Kier molecular flexibility index (Phi) is 3.88. The Morgan fingerprint density at radius 1 is 0.958 bits per heavy atom. The van der Waals surface area contributed by atoms with Crippen LogP contribution in [-0.2, 0) is 0 Å². The van der Waals surface area contributed by atoms with Crippen LogP contribution in [0.25, 0.3) is 0 Å². The van der Waals surface area contributed by atoms with Crippen LogP contribution in [0, 0.1) is 0 Å². The number of amides is 2. The van der Waals surface area contributed by atoms with E-state index in [0.717, 1.165) is 25.0 Å². The topological polar surface area (TPSA) is 58.7 Å². The summed E-state index contributed by atoms with van der Waals surface area (Å²) in [5, 5.41) is 0. The van der Waals surface area contributed by atoms with Crippen LogP contribution in [-0.4, -0.2) is 52.4 Å². The smallest absolute Gasteiger partial charge is 0.289 e. The molecular weight excluding hydrogens is 306 g/mol. The van der Waals surface area contributed by atoms with Crippen molar-refractivity contribution in [1.82, 2.24) is 14.4 Å². The molecule has 6 nitrogen and oxygen atoms in total. The quantitative estimate of drug-likeness (QED) is 0.870. The minimum Gasteiger partial charge on any atom is -0.459 e. The molecule has 0 bridgehead atoms. The molecule has 0 atom stereocenters. The van der Waals surface area contributed by atoms with Gasteiger partial charge in [0.05, 0.1) is 6.26 Å². The first kappa shape index (κ1) is 15.1. The number of aromatic nitrogens is 1. The first-order valence-corrected chi connectivity index (χ1v) is 8.53. The van der Waals surface area contributed by atoms with Crippen LogP contribution in [0.4, 0.5) is 0 Å². The fourth-order valence-corrected chi connectivity index (χ4v) is 3.29. The molecule has 2 amide bonds. The molecular formula is C18H21N3O3. The number of carbonyl (C=O) groups excluding carboxylic acids is 2. The van der Waals surface area contributed by atoms with Gasteiger partial charge in [-0.25, -0.2) is 0 Å². The summed E-state index contributed by atoms with van der Waals surface area (Å²) in [4.78, 5) is 28.9. The van der Waals surface area contributed by atoms with Crippen molar-refractivity contribution in [3.63, 3.8) is 0 Å². The molecule has 2 fully saturated rings. The Morgan fingerprint density at radius 2 is 1.71 bits per heavy atom. The van der Waals surface area contributed by atoms with Crippen LogP contribution in [0.1, 0.15) is 46.3 Å². The van der Waals surface area contributed by atoms with Gasteiger partial charge in [-0.05, 0) is 43.5 Å². The Labute approximate surface area is 140 Å². The molecule has 0 radical (unpaired) electrons. The third-order valence-electron chi connectivity index (χ3n) is 4.74. The summed E-state index contributed by atoms with van der Waals surface area (Å²) in [5.74, 6) is 0.326. The van der Waals surface area contributed by atoms with Crippen LogP contribution >= 0.6 is 0 Å². The lowest BCUT2D eigenvalue weighted by atomic mass is 10.3. The van der Waals surface area contributed by atoms with E-state index in [1.54, 1.807) is 17.0 Å². The molecule has 3 heterocycles. The van der Waals surface area contributed by atoms with Gasteiger partial charge in [-0.2, -0.15) is 0 Å². The van der Waals surface area contributed by atoms with Gasteiger partial charge in [-0.3, -0.25) is 9.59 Å². The molecule has 6 heteroatoms. The zero-order chi connectivity index (χ0) is 16.5. The highest BCUT2D eigenvalue weighted by molar-refractivity contribution is 5.93. The van der Waals surface area contributed by atoms with Crippen molar-refractivity contribution in [3.8, 4) is 0 Å². The number of furan rings is 1. The van der Waals surface area contributed by atoms with Gasteiger partial charge in [-0.1, -0.05) is 0 Å². The van der Waals surface area contributed by atoms with E-state index in [9.17, 15) is 9.59 Å². The van der Waals surface area contributed by atoms with Crippen molar-refractivity contribution < 1.29 is 14.0 Å². The maximum Gasteiger partial charge on any atom is 0.289 e. The number of nitrogens with zero attached hydrogens (tertiary/aromatic N) is 3. The molecule has 1 saturated carbocycles. The van der Waals surface area contributed by atoms with E-state index in [4.69, 9.17) is 4.42 Å².